The maximum absolute atomic E-state index is 14.0. The van der Waals surface area contributed by atoms with E-state index in [1.807, 2.05) is 24.1 Å². The third-order valence-corrected chi connectivity index (χ3v) is 14.1. The van der Waals surface area contributed by atoms with Crippen LogP contribution in [0, 0.1) is 17.8 Å². The van der Waals surface area contributed by atoms with Gasteiger partial charge in [-0.1, -0.05) is 162 Å². The number of anilines is 1. The molecule has 0 fully saturated rings. The zero-order valence-corrected chi connectivity index (χ0v) is 49.0. The summed E-state index contributed by atoms with van der Waals surface area (Å²) in [6, 6.07) is 3.69. The minimum absolute atomic E-state index is 0.00404. The molecule has 16 heteroatoms. The average molecular weight is 1100 g/mol. The Balaban J connectivity index is 2.23. The lowest BCUT2D eigenvalue weighted by Crippen LogP contribution is -2.41. The van der Waals surface area contributed by atoms with E-state index in [2.05, 4.69) is 32.7 Å². The van der Waals surface area contributed by atoms with Crippen LogP contribution in [-0.4, -0.2) is 117 Å². The van der Waals surface area contributed by atoms with Crippen molar-refractivity contribution in [2.24, 2.45) is 17.8 Å². The van der Waals surface area contributed by atoms with Crippen molar-refractivity contribution in [2.45, 2.75) is 233 Å². The van der Waals surface area contributed by atoms with E-state index in [0.717, 1.165) is 134 Å². The van der Waals surface area contributed by atoms with Gasteiger partial charge in [0.05, 0.1) is 45.9 Å². The molecule has 0 spiro atoms. The molecule has 0 unspecified atom stereocenters. The number of nitrogens with zero attached hydrogens (tertiary/aromatic N) is 3. The number of pyridine rings is 1. The highest BCUT2D eigenvalue weighted by atomic mass is 16.6. The van der Waals surface area contributed by atoms with Crippen LogP contribution in [-0.2, 0) is 57.2 Å². The minimum Gasteiger partial charge on any atom is -0.465 e. The van der Waals surface area contributed by atoms with Crippen molar-refractivity contribution in [1.82, 2.24) is 9.88 Å². The van der Waals surface area contributed by atoms with Crippen LogP contribution in [0.4, 0.5) is 10.5 Å². The van der Waals surface area contributed by atoms with Crippen LogP contribution in [0.3, 0.4) is 0 Å². The number of unbranched alkanes of at least 4 members (excludes halogenated alkanes) is 20. The highest BCUT2D eigenvalue weighted by molar-refractivity contribution is 5.79. The number of rotatable bonds is 47. The topological polar surface area (TPSA) is 194 Å². The van der Waals surface area contributed by atoms with Crippen LogP contribution in [0.25, 0.3) is 0 Å². The van der Waals surface area contributed by atoms with Gasteiger partial charge in [0.15, 0.2) is 0 Å². The number of likely N-dealkylation sites (N-methyl/N-ethyl adjacent to an activating group) is 1. The molecule has 1 amide bonds. The normalized spacial score (nSPS) is 14.2. The molecule has 16 nitrogen and oxygen atoms in total. The Bertz CT molecular complexity index is 1650. The average Bonchev–Trinajstić information content (AvgIpc) is 3.63. The number of ketones is 1. The van der Waals surface area contributed by atoms with Gasteiger partial charge < -0.3 is 38.2 Å². The van der Waals surface area contributed by atoms with Gasteiger partial charge in [0.25, 0.3) is 0 Å². The Morgan fingerprint density at radius 2 is 0.910 bits per heavy atom. The summed E-state index contributed by atoms with van der Waals surface area (Å²) in [4.78, 5) is 100. The number of amides is 1. The molecular weight excluding hydrogens is 995 g/mol. The number of Topliss-reactive ketones (excluding diaryl/α,β-unsaturated/α-hetero) is 1. The lowest BCUT2D eigenvalue weighted by atomic mass is 9.95. The number of hydrogen-bond acceptors (Lipinski definition) is 15. The molecule has 78 heavy (non-hydrogen) atoms. The largest absolute Gasteiger partial charge is 0.465 e. The fraction of sp³-hybridized carbons (Fsp3) is 0.774. The van der Waals surface area contributed by atoms with E-state index in [1.165, 1.54) is 4.90 Å². The fourth-order valence-electron chi connectivity index (χ4n) is 9.24. The Hall–Kier alpha value is -5.02. The van der Waals surface area contributed by atoms with Crippen molar-refractivity contribution < 1.29 is 62.0 Å². The molecule has 2 heterocycles. The van der Waals surface area contributed by atoms with Gasteiger partial charge in [0.1, 0.15) is 18.5 Å². The van der Waals surface area contributed by atoms with E-state index < -0.39 is 35.9 Å². The van der Waals surface area contributed by atoms with Crippen molar-refractivity contribution in [1.29, 1.82) is 0 Å². The van der Waals surface area contributed by atoms with Crippen LogP contribution in [0.1, 0.15) is 227 Å². The van der Waals surface area contributed by atoms with Gasteiger partial charge in [-0.05, 0) is 43.9 Å². The molecule has 444 valence electrons. The van der Waals surface area contributed by atoms with Crippen LogP contribution >= 0.6 is 0 Å². The van der Waals surface area contributed by atoms with Crippen LogP contribution < -0.4 is 4.90 Å². The molecule has 0 aromatic carbocycles. The van der Waals surface area contributed by atoms with Crippen molar-refractivity contribution >= 4 is 47.4 Å². The van der Waals surface area contributed by atoms with Crippen LogP contribution in [0.2, 0.25) is 0 Å². The predicted molar refractivity (Wildman–Crippen MR) is 305 cm³/mol. The Morgan fingerprint density at radius 3 is 1.33 bits per heavy atom. The van der Waals surface area contributed by atoms with Crippen molar-refractivity contribution in [3.63, 3.8) is 0 Å². The van der Waals surface area contributed by atoms with Crippen LogP contribution in [0.5, 0.6) is 0 Å². The molecule has 0 saturated carbocycles. The highest BCUT2D eigenvalue weighted by Crippen LogP contribution is 2.22. The number of ether oxygens (including phenoxy) is 6. The van der Waals surface area contributed by atoms with Gasteiger partial charge in [0, 0.05) is 88.0 Å². The molecule has 0 radical (unpaired) electrons. The molecule has 2 rings (SSSR count). The summed E-state index contributed by atoms with van der Waals surface area (Å²) in [7, 11) is 1.87. The summed E-state index contributed by atoms with van der Waals surface area (Å²) in [6.45, 7) is 8.63. The Morgan fingerprint density at radius 1 is 0.513 bits per heavy atom. The third kappa shape index (κ3) is 36.2. The van der Waals surface area contributed by atoms with Gasteiger partial charge in [0.2, 0.25) is 0 Å². The maximum Gasteiger partial charge on any atom is 0.409 e. The molecule has 2 atom stereocenters. The molecule has 1 aliphatic heterocycles. The van der Waals surface area contributed by atoms with Gasteiger partial charge in [-0.15, -0.1) is 0 Å². The molecular formula is C62H103N3O13. The van der Waals surface area contributed by atoms with E-state index in [4.69, 9.17) is 28.4 Å². The van der Waals surface area contributed by atoms with Gasteiger partial charge >= 0.3 is 35.9 Å². The molecule has 0 saturated heterocycles. The molecule has 1 aromatic heterocycles. The predicted octanol–water partition coefficient (Wildman–Crippen LogP) is 13.2. The van der Waals surface area contributed by atoms with E-state index in [0.29, 0.717) is 32.2 Å². The van der Waals surface area contributed by atoms with E-state index >= 15 is 0 Å². The third-order valence-electron chi connectivity index (χ3n) is 14.1. The van der Waals surface area contributed by atoms with Crippen molar-refractivity contribution in [3.05, 3.63) is 36.7 Å². The smallest absolute Gasteiger partial charge is 0.409 e. The number of carbonyl (C=O) groups excluding carboxylic acids is 7. The molecule has 1 aliphatic rings. The first-order chi connectivity index (χ1) is 37.9. The summed E-state index contributed by atoms with van der Waals surface area (Å²) in [5, 5.41) is 0. The molecule has 0 bridgehead atoms. The fourth-order valence-corrected chi connectivity index (χ4v) is 9.24. The second kappa shape index (κ2) is 45.8. The zero-order chi connectivity index (χ0) is 56.9. The Kier molecular flexibility index (Phi) is 40.6. The first-order valence-corrected chi connectivity index (χ1v) is 30.4. The minimum atomic E-state index is -0.930. The zero-order valence-electron chi connectivity index (χ0n) is 49.0. The van der Waals surface area contributed by atoms with Crippen LogP contribution in [0.15, 0.2) is 36.7 Å². The number of aromatic nitrogens is 1. The lowest BCUT2D eigenvalue weighted by molar-refractivity contribution is -0.156. The van der Waals surface area contributed by atoms with Crippen molar-refractivity contribution in [3.8, 4) is 0 Å². The standard InChI is InChI=1S/C62H103N3O13/c1-6-10-14-18-22-26-30-57(67)74-47-52(48-75-58(68)31-27-23-19-15-11-7-2)43-55(66)42-51-34-35-56(46-65(45-51)62(72)73-41-40-64(5)54-36-38-63-39-37-54)78-61(71)44-53(49-76-59(69)32-28-24-20-16-12-8-3)50-77-60(70)33-29-25-21-17-13-9-4/h34-39,51-53,56H,6-33,40-50H2,1-5H3/t51-,56+/m1/s1. The quantitative estimate of drug-likeness (QED) is 0.0259. The molecule has 0 aliphatic carbocycles. The molecule has 0 N–H and O–H groups in total. The summed E-state index contributed by atoms with van der Waals surface area (Å²) in [5.41, 5.74) is 0.891. The summed E-state index contributed by atoms with van der Waals surface area (Å²) in [6.07, 6.45) is 30.5. The SMILES string of the molecule is CCCCCCCCC(=O)OCC(COC(=O)CCCCCCCC)CC(=O)C[C@H]1C=C[C@H](OC(=O)CC(COC(=O)CCCCCCCC)COC(=O)CCCCCCCC)CN(C(=O)OCCN(C)c2ccncc2)C1. The van der Waals surface area contributed by atoms with Gasteiger partial charge in [-0.2, -0.15) is 0 Å². The Labute approximate surface area is 469 Å². The first kappa shape index (κ1) is 69.1. The number of esters is 5. The number of hydrogen-bond donors (Lipinski definition) is 0. The van der Waals surface area contributed by atoms with E-state index in [-0.39, 0.29) is 121 Å². The summed E-state index contributed by atoms with van der Waals surface area (Å²) < 4.78 is 34.4. The number of carbonyl (C=O) groups is 7. The second-order valence-corrected chi connectivity index (χ2v) is 21.5. The van der Waals surface area contributed by atoms with Crippen molar-refractivity contribution in [2.75, 3.05) is 64.6 Å². The highest BCUT2D eigenvalue weighted by Gasteiger charge is 2.30. The van der Waals surface area contributed by atoms with Gasteiger partial charge in [-0.25, -0.2) is 4.79 Å². The van der Waals surface area contributed by atoms with Gasteiger partial charge in [-0.3, -0.25) is 33.8 Å². The maximum atomic E-state index is 14.0. The second-order valence-electron chi connectivity index (χ2n) is 21.5. The monoisotopic (exact) mass is 1100 g/mol. The summed E-state index contributed by atoms with van der Waals surface area (Å²) >= 11 is 0. The molecule has 1 aromatic rings. The lowest BCUT2D eigenvalue weighted by Gasteiger charge is -2.27. The summed E-state index contributed by atoms with van der Waals surface area (Å²) in [5.74, 6) is -4.04. The first-order valence-electron chi connectivity index (χ1n) is 30.4. The van der Waals surface area contributed by atoms with E-state index in [9.17, 15) is 33.6 Å². The van der Waals surface area contributed by atoms with E-state index in [1.54, 1.807) is 24.5 Å².